The molecule has 1 aliphatic rings. The van der Waals surface area contributed by atoms with Crippen molar-refractivity contribution in [2.75, 3.05) is 58.3 Å². The Morgan fingerprint density at radius 2 is 1.66 bits per heavy atom. The molecule has 1 aliphatic heterocycles. The number of β-amino-alcohol motifs (C(OH)–C–C–N with tert-alkyl or cyclic N) is 1. The summed E-state index contributed by atoms with van der Waals surface area (Å²) in [6.45, 7) is 8.99. The molecule has 1 heterocycles. The predicted molar refractivity (Wildman–Crippen MR) is 126 cm³/mol. The number of nitrogens with zero attached hydrogens (tertiary/aromatic N) is 2. The molecule has 1 amide bonds. The summed E-state index contributed by atoms with van der Waals surface area (Å²) in [5.74, 6) is 0.832. The zero-order valence-corrected chi connectivity index (χ0v) is 19.3. The number of carbonyl (C=O) groups is 1. The zero-order valence-electron chi connectivity index (χ0n) is 19.3. The number of aryl methyl sites for hydroxylation is 2. The smallest absolute Gasteiger partial charge is 0.238 e. The van der Waals surface area contributed by atoms with Crippen molar-refractivity contribution >= 4 is 11.6 Å². The van der Waals surface area contributed by atoms with E-state index in [1.54, 1.807) is 7.11 Å². The number of amides is 1. The lowest BCUT2D eigenvalue weighted by atomic mass is 10.1. The van der Waals surface area contributed by atoms with Crippen molar-refractivity contribution in [3.05, 3.63) is 59.2 Å². The van der Waals surface area contributed by atoms with Crippen molar-refractivity contribution in [2.24, 2.45) is 0 Å². The summed E-state index contributed by atoms with van der Waals surface area (Å²) in [5.41, 5.74) is 4.11. The number of rotatable bonds is 10. The molecule has 1 saturated heterocycles. The maximum Gasteiger partial charge on any atom is 0.238 e. The second-order valence-corrected chi connectivity index (χ2v) is 8.41. The normalized spacial score (nSPS) is 16.0. The Morgan fingerprint density at radius 3 is 2.28 bits per heavy atom. The molecule has 0 saturated carbocycles. The van der Waals surface area contributed by atoms with E-state index < -0.39 is 6.10 Å². The molecule has 32 heavy (non-hydrogen) atoms. The van der Waals surface area contributed by atoms with Crippen LogP contribution in [0.15, 0.2) is 42.5 Å². The third-order valence-electron chi connectivity index (χ3n) is 5.78. The number of para-hydroxylation sites is 1. The first kappa shape index (κ1) is 24.2. The monoisotopic (exact) mass is 441 g/mol. The number of aliphatic hydroxyl groups is 1. The lowest BCUT2D eigenvalue weighted by Crippen LogP contribution is -2.50. The number of carbonyl (C=O) groups excluding carboxylic acids is 1. The number of benzene rings is 2. The first-order chi connectivity index (χ1) is 15.4. The van der Waals surface area contributed by atoms with Gasteiger partial charge in [-0.05, 0) is 42.7 Å². The SMILES string of the molecule is COc1ccc(COCC(O)CN2CCN(CC(=O)Nc3c(C)cccc3C)CC2)cc1. The second-order valence-electron chi connectivity index (χ2n) is 8.41. The first-order valence-corrected chi connectivity index (χ1v) is 11.1. The molecule has 3 rings (SSSR count). The molecule has 2 N–H and O–H groups in total. The van der Waals surface area contributed by atoms with Gasteiger partial charge in [-0.25, -0.2) is 0 Å². The summed E-state index contributed by atoms with van der Waals surface area (Å²) >= 11 is 0. The Labute approximate surface area is 190 Å². The average Bonchev–Trinajstić information content (AvgIpc) is 2.78. The van der Waals surface area contributed by atoms with E-state index in [1.165, 1.54) is 0 Å². The number of nitrogens with one attached hydrogen (secondary N) is 1. The Bertz CT molecular complexity index is 844. The zero-order chi connectivity index (χ0) is 22.9. The Balaban J connectivity index is 1.33. The highest BCUT2D eigenvalue weighted by Crippen LogP contribution is 2.19. The number of hydrogen-bond acceptors (Lipinski definition) is 6. The third kappa shape index (κ3) is 7.31. The van der Waals surface area contributed by atoms with Crippen molar-refractivity contribution in [2.45, 2.75) is 26.6 Å². The van der Waals surface area contributed by atoms with E-state index in [2.05, 4.69) is 15.1 Å². The van der Waals surface area contributed by atoms with Crippen LogP contribution < -0.4 is 10.1 Å². The van der Waals surface area contributed by atoms with E-state index in [4.69, 9.17) is 9.47 Å². The van der Waals surface area contributed by atoms with Gasteiger partial charge in [0.1, 0.15) is 5.75 Å². The number of methoxy groups -OCH3 is 1. The standard InChI is InChI=1S/C25H35N3O4/c1-19-5-4-6-20(2)25(19)26-24(30)16-28-13-11-27(12-14-28)15-22(29)18-32-17-21-7-9-23(31-3)10-8-21/h4-10,22,29H,11-18H2,1-3H3,(H,26,30). The van der Waals surface area contributed by atoms with Crippen molar-refractivity contribution in [1.29, 1.82) is 0 Å². The highest BCUT2D eigenvalue weighted by atomic mass is 16.5. The van der Waals surface area contributed by atoms with Gasteiger partial charge in [0.2, 0.25) is 5.91 Å². The highest BCUT2D eigenvalue weighted by molar-refractivity contribution is 5.93. The molecule has 7 nitrogen and oxygen atoms in total. The van der Waals surface area contributed by atoms with Crippen LogP contribution in [-0.4, -0.2) is 79.9 Å². The van der Waals surface area contributed by atoms with E-state index in [9.17, 15) is 9.90 Å². The van der Waals surface area contributed by atoms with Gasteiger partial charge in [-0.3, -0.25) is 14.6 Å². The van der Waals surface area contributed by atoms with E-state index in [-0.39, 0.29) is 5.91 Å². The van der Waals surface area contributed by atoms with Gasteiger partial charge in [0.25, 0.3) is 0 Å². The molecule has 174 valence electrons. The Morgan fingerprint density at radius 1 is 1.03 bits per heavy atom. The fourth-order valence-electron chi connectivity index (χ4n) is 3.91. The van der Waals surface area contributed by atoms with Crippen molar-refractivity contribution < 1.29 is 19.4 Å². The topological polar surface area (TPSA) is 74.3 Å². The number of hydrogen-bond donors (Lipinski definition) is 2. The fourth-order valence-corrected chi connectivity index (χ4v) is 3.91. The summed E-state index contributed by atoms with van der Waals surface area (Å²) in [4.78, 5) is 16.9. The van der Waals surface area contributed by atoms with Gasteiger partial charge in [0.15, 0.2) is 0 Å². The Kier molecular flexibility index (Phi) is 9.05. The number of ether oxygens (including phenoxy) is 2. The number of anilines is 1. The quantitative estimate of drug-likeness (QED) is 0.590. The molecule has 0 bridgehead atoms. The maximum absolute atomic E-state index is 12.5. The van der Waals surface area contributed by atoms with Crippen LogP contribution in [0.3, 0.4) is 0 Å². The third-order valence-corrected chi connectivity index (χ3v) is 5.78. The molecule has 0 spiro atoms. The minimum absolute atomic E-state index is 0.0165. The summed E-state index contributed by atoms with van der Waals surface area (Å²) in [6.07, 6.45) is -0.535. The van der Waals surface area contributed by atoms with Crippen LogP contribution in [0.2, 0.25) is 0 Å². The van der Waals surface area contributed by atoms with E-state index in [0.717, 1.165) is 54.3 Å². The maximum atomic E-state index is 12.5. The molecule has 1 fully saturated rings. The molecule has 2 aromatic carbocycles. The summed E-state index contributed by atoms with van der Waals surface area (Å²) < 4.78 is 10.8. The van der Waals surface area contributed by atoms with Crippen LogP contribution in [0.25, 0.3) is 0 Å². The minimum Gasteiger partial charge on any atom is -0.497 e. The van der Waals surface area contributed by atoms with Crippen LogP contribution >= 0.6 is 0 Å². The number of aliphatic hydroxyl groups excluding tert-OH is 1. The first-order valence-electron chi connectivity index (χ1n) is 11.1. The van der Waals surface area contributed by atoms with Crippen LogP contribution in [0.4, 0.5) is 5.69 Å². The molecule has 2 aromatic rings. The minimum atomic E-state index is -0.535. The molecular weight excluding hydrogens is 406 g/mol. The molecule has 7 heteroatoms. The van der Waals surface area contributed by atoms with Gasteiger partial charge in [0, 0.05) is 38.4 Å². The highest BCUT2D eigenvalue weighted by Gasteiger charge is 2.21. The second kappa shape index (κ2) is 12.0. The summed E-state index contributed by atoms with van der Waals surface area (Å²) in [5, 5.41) is 13.4. The Hall–Kier alpha value is -2.45. The summed E-state index contributed by atoms with van der Waals surface area (Å²) in [6, 6.07) is 13.7. The average molecular weight is 442 g/mol. The molecule has 0 aromatic heterocycles. The van der Waals surface area contributed by atoms with Gasteiger partial charge >= 0.3 is 0 Å². The van der Waals surface area contributed by atoms with Crippen molar-refractivity contribution in [1.82, 2.24) is 9.80 Å². The van der Waals surface area contributed by atoms with Crippen molar-refractivity contribution in [3.63, 3.8) is 0 Å². The van der Waals surface area contributed by atoms with Gasteiger partial charge in [-0.1, -0.05) is 30.3 Å². The molecule has 0 radical (unpaired) electrons. The van der Waals surface area contributed by atoms with Crippen LogP contribution in [0.1, 0.15) is 16.7 Å². The van der Waals surface area contributed by atoms with Gasteiger partial charge < -0.3 is 19.9 Å². The molecule has 0 aliphatic carbocycles. The predicted octanol–water partition coefficient (Wildman–Crippen LogP) is 2.45. The van der Waals surface area contributed by atoms with Crippen LogP contribution in [0, 0.1) is 13.8 Å². The number of piperazine rings is 1. The van der Waals surface area contributed by atoms with E-state index >= 15 is 0 Å². The van der Waals surface area contributed by atoms with Gasteiger partial charge in [0.05, 0.1) is 33.0 Å². The van der Waals surface area contributed by atoms with Crippen molar-refractivity contribution in [3.8, 4) is 5.75 Å². The molecule has 1 unspecified atom stereocenters. The van der Waals surface area contributed by atoms with Crippen LogP contribution in [-0.2, 0) is 16.1 Å². The van der Waals surface area contributed by atoms with E-state index in [1.807, 2.05) is 56.3 Å². The molecular formula is C25H35N3O4. The van der Waals surface area contributed by atoms with E-state index in [0.29, 0.717) is 26.3 Å². The van der Waals surface area contributed by atoms with Gasteiger partial charge in [-0.2, -0.15) is 0 Å². The molecule has 1 atom stereocenters. The van der Waals surface area contributed by atoms with Crippen LogP contribution in [0.5, 0.6) is 5.75 Å². The lowest BCUT2D eigenvalue weighted by molar-refractivity contribution is -0.117. The summed E-state index contributed by atoms with van der Waals surface area (Å²) in [7, 11) is 1.64. The largest absolute Gasteiger partial charge is 0.497 e. The van der Waals surface area contributed by atoms with Gasteiger partial charge in [-0.15, -0.1) is 0 Å². The lowest BCUT2D eigenvalue weighted by Gasteiger charge is -2.35. The fraction of sp³-hybridized carbons (Fsp3) is 0.480.